The summed E-state index contributed by atoms with van der Waals surface area (Å²) in [5.41, 5.74) is 1.22. The highest BCUT2D eigenvalue weighted by Crippen LogP contribution is 2.18. The van der Waals surface area contributed by atoms with Crippen LogP contribution in [0.3, 0.4) is 0 Å². The Bertz CT molecular complexity index is 320. The summed E-state index contributed by atoms with van der Waals surface area (Å²) in [7, 11) is 0. The quantitative estimate of drug-likeness (QED) is 0.673. The molecule has 1 rings (SSSR count). The summed E-state index contributed by atoms with van der Waals surface area (Å²) >= 11 is 3.75. The Morgan fingerprint density at radius 3 is 2.65 bits per heavy atom. The number of hydrogen-bond acceptors (Lipinski definition) is 1. The first-order valence-corrected chi connectivity index (χ1v) is 7.62. The Hall–Kier alpha value is -0.310. The lowest BCUT2D eigenvalue weighted by atomic mass is 10.0. The van der Waals surface area contributed by atoms with E-state index in [4.69, 9.17) is 0 Å². The Balaban J connectivity index is 2.39. The molecule has 0 amide bonds. The van der Waals surface area contributed by atoms with E-state index in [1.807, 2.05) is 0 Å². The van der Waals surface area contributed by atoms with Crippen molar-refractivity contribution in [1.82, 2.24) is 9.78 Å². The second-order valence-corrected chi connectivity index (χ2v) is 6.60. The van der Waals surface area contributed by atoms with E-state index in [2.05, 4.69) is 65.7 Å². The number of rotatable bonds is 7. The fraction of sp³-hybridized carbons (Fsp3) is 0.786. The van der Waals surface area contributed by atoms with Crippen LogP contribution in [0.25, 0.3) is 0 Å². The van der Waals surface area contributed by atoms with Crippen LogP contribution >= 0.6 is 15.9 Å². The Morgan fingerprint density at radius 2 is 2.06 bits per heavy atom. The predicted octanol–water partition coefficient (Wildman–Crippen LogP) is 4.60. The van der Waals surface area contributed by atoms with Gasteiger partial charge >= 0.3 is 0 Å². The van der Waals surface area contributed by atoms with Crippen LogP contribution in [0.4, 0.5) is 0 Å². The van der Waals surface area contributed by atoms with Gasteiger partial charge in [0.15, 0.2) is 0 Å². The molecule has 0 bridgehead atoms. The van der Waals surface area contributed by atoms with Crippen molar-refractivity contribution in [3.05, 3.63) is 18.0 Å². The van der Waals surface area contributed by atoms with Gasteiger partial charge in [0.1, 0.15) is 0 Å². The minimum atomic E-state index is 0.513. The van der Waals surface area contributed by atoms with Crippen molar-refractivity contribution >= 4 is 15.9 Å². The molecule has 0 radical (unpaired) electrons. The van der Waals surface area contributed by atoms with Gasteiger partial charge in [-0.1, -0.05) is 36.7 Å². The van der Waals surface area contributed by atoms with Crippen molar-refractivity contribution in [2.24, 2.45) is 5.92 Å². The van der Waals surface area contributed by atoms with Crippen LogP contribution in [-0.4, -0.2) is 14.6 Å². The van der Waals surface area contributed by atoms with Gasteiger partial charge in [0, 0.05) is 17.1 Å². The molecule has 0 aliphatic rings. The lowest BCUT2D eigenvalue weighted by molar-refractivity contribution is 0.472. The third-order valence-corrected chi connectivity index (χ3v) is 3.98. The molecule has 1 heterocycles. The van der Waals surface area contributed by atoms with Gasteiger partial charge in [-0.15, -0.1) is 0 Å². The molecule has 1 aromatic heterocycles. The van der Waals surface area contributed by atoms with Gasteiger partial charge in [-0.25, -0.2) is 0 Å². The van der Waals surface area contributed by atoms with E-state index >= 15 is 0 Å². The van der Waals surface area contributed by atoms with E-state index in [9.17, 15) is 0 Å². The molecule has 2 nitrogen and oxygen atoms in total. The van der Waals surface area contributed by atoms with Gasteiger partial charge < -0.3 is 0 Å². The molecule has 0 spiro atoms. The zero-order chi connectivity index (χ0) is 12.8. The zero-order valence-electron chi connectivity index (χ0n) is 11.5. The maximum Gasteiger partial charge on any atom is 0.0625 e. The van der Waals surface area contributed by atoms with E-state index < -0.39 is 0 Å². The molecule has 0 aliphatic carbocycles. The minimum absolute atomic E-state index is 0.513. The van der Waals surface area contributed by atoms with Crippen molar-refractivity contribution in [3.8, 4) is 0 Å². The fourth-order valence-corrected chi connectivity index (χ4v) is 2.85. The summed E-state index contributed by atoms with van der Waals surface area (Å²) in [4.78, 5) is 0.622. The Kier molecular flexibility index (Phi) is 6.24. The topological polar surface area (TPSA) is 17.8 Å². The molecule has 17 heavy (non-hydrogen) atoms. The first kappa shape index (κ1) is 14.7. The van der Waals surface area contributed by atoms with E-state index in [0.717, 1.165) is 18.8 Å². The van der Waals surface area contributed by atoms with Crippen LogP contribution in [0.2, 0.25) is 0 Å². The van der Waals surface area contributed by atoms with Crippen LogP contribution in [0.1, 0.15) is 58.7 Å². The van der Waals surface area contributed by atoms with E-state index in [1.54, 1.807) is 0 Å². The van der Waals surface area contributed by atoms with Gasteiger partial charge in [-0.2, -0.15) is 5.10 Å². The summed E-state index contributed by atoms with van der Waals surface area (Å²) in [6.07, 6.45) is 6.73. The molecular weight excluding hydrogens is 276 g/mol. The van der Waals surface area contributed by atoms with Crippen LogP contribution in [0, 0.1) is 5.92 Å². The van der Waals surface area contributed by atoms with Crippen molar-refractivity contribution in [1.29, 1.82) is 0 Å². The molecule has 0 saturated heterocycles. The second kappa shape index (κ2) is 7.20. The first-order chi connectivity index (χ1) is 8.02. The third-order valence-electron chi connectivity index (χ3n) is 3.15. The summed E-state index contributed by atoms with van der Waals surface area (Å²) in [6, 6.07) is 2.67. The average molecular weight is 301 g/mol. The van der Waals surface area contributed by atoms with Crippen LogP contribution in [0.5, 0.6) is 0 Å². The van der Waals surface area contributed by atoms with Gasteiger partial charge in [-0.3, -0.25) is 4.68 Å². The number of aromatic nitrogens is 2. The predicted molar refractivity (Wildman–Crippen MR) is 77.7 cm³/mol. The highest BCUT2D eigenvalue weighted by molar-refractivity contribution is 9.09. The molecule has 2 unspecified atom stereocenters. The van der Waals surface area contributed by atoms with Crippen LogP contribution in [-0.2, 0) is 6.42 Å². The number of alkyl halides is 1. The second-order valence-electron chi connectivity index (χ2n) is 5.31. The molecule has 1 aromatic rings. The SMILES string of the molecule is CCC(C)n1ccc(CCC(Br)CC(C)C)n1. The molecular formula is C14H25BrN2. The molecule has 0 fully saturated rings. The van der Waals surface area contributed by atoms with E-state index in [1.165, 1.54) is 18.5 Å². The maximum atomic E-state index is 4.63. The largest absolute Gasteiger partial charge is 0.270 e. The standard InChI is InChI=1S/C14H25BrN2/c1-5-12(4)17-9-8-14(16-17)7-6-13(15)10-11(2)3/h8-9,11-13H,5-7,10H2,1-4H3. The van der Waals surface area contributed by atoms with E-state index in [0.29, 0.717) is 10.9 Å². The summed E-state index contributed by atoms with van der Waals surface area (Å²) in [5, 5.41) is 4.63. The van der Waals surface area contributed by atoms with Crippen LogP contribution < -0.4 is 0 Å². The minimum Gasteiger partial charge on any atom is -0.270 e. The number of nitrogens with zero attached hydrogens (tertiary/aromatic N) is 2. The van der Waals surface area contributed by atoms with Crippen molar-refractivity contribution < 1.29 is 0 Å². The highest BCUT2D eigenvalue weighted by atomic mass is 79.9. The maximum absolute atomic E-state index is 4.63. The lowest BCUT2D eigenvalue weighted by Gasteiger charge is -2.11. The molecule has 0 aromatic carbocycles. The normalized spacial score (nSPS) is 15.2. The van der Waals surface area contributed by atoms with Gasteiger partial charge in [0.25, 0.3) is 0 Å². The van der Waals surface area contributed by atoms with Gasteiger partial charge in [-0.05, 0) is 44.6 Å². The molecule has 3 heteroatoms. The zero-order valence-corrected chi connectivity index (χ0v) is 13.1. The van der Waals surface area contributed by atoms with Gasteiger partial charge in [0.05, 0.1) is 5.69 Å². The van der Waals surface area contributed by atoms with Crippen LogP contribution in [0.15, 0.2) is 12.3 Å². The van der Waals surface area contributed by atoms with Crippen molar-refractivity contribution in [2.75, 3.05) is 0 Å². The van der Waals surface area contributed by atoms with Crippen molar-refractivity contribution in [2.45, 2.75) is 64.2 Å². The molecule has 98 valence electrons. The lowest BCUT2D eigenvalue weighted by Crippen LogP contribution is -2.07. The molecule has 0 saturated carbocycles. The fourth-order valence-electron chi connectivity index (χ4n) is 1.88. The average Bonchev–Trinajstić information content (AvgIpc) is 2.73. The third kappa shape index (κ3) is 5.24. The molecule has 2 atom stereocenters. The monoisotopic (exact) mass is 300 g/mol. The smallest absolute Gasteiger partial charge is 0.0625 e. The highest BCUT2D eigenvalue weighted by Gasteiger charge is 2.09. The summed E-state index contributed by atoms with van der Waals surface area (Å²) in [6.45, 7) is 8.95. The Labute approximate surface area is 114 Å². The van der Waals surface area contributed by atoms with E-state index in [-0.39, 0.29) is 0 Å². The van der Waals surface area contributed by atoms with Crippen molar-refractivity contribution in [3.63, 3.8) is 0 Å². The number of hydrogen-bond donors (Lipinski definition) is 0. The summed E-state index contributed by atoms with van der Waals surface area (Å²) < 4.78 is 2.08. The summed E-state index contributed by atoms with van der Waals surface area (Å²) in [5.74, 6) is 0.761. The first-order valence-electron chi connectivity index (χ1n) is 6.71. The number of aryl methyl sites for hydroxylation is 1. The molecule has 0 N–H and O–H groups in total. The van der Waals surface area contributed by atoms with Gasteiger partial charge in [0.2, 0.25) is 0 Å². The Morgan fingerprint density at radius 1 is 1.35 bits per heavy atom. The number of halogens is 1. The molecule has 0 aliphatic heterocycles.